The van der Waals surface area contributed by atoms with Gasteiger partial charge >= 0.3 is 0 Å². The molecule has 0 aromatic carbocycles. The molecule has 1 aliphatic rings. The van der Waals surface area contributed by atoms with Crippen LogP contribution in [0.1, 0.15) is 77.4 Å². The molecule has 28 heavy (non-hydrogen) atoms. The van der Waals surface area contributed by atoms with Gasteiger partial charge in [-0.2, -0.15) is 0 Å². The third-order valence-electron chi connectivity index (χ3n) is 6.18. The first-order valence-electron chi connectivity index (χ1n) is 11.6. The van der Waals surface area contributed by atoms with Crippen molar-refractivity contribution in [1.29, 1.82) is 0 Å². The molecule has 0 radical (unpaired) electrons. The highest BCUT2D eigenvalue weighted by Gasteiger charge is 2.36. The van der Waals surface area contributed by atoms with E-state index in [1.807, 2.05) is 32.1 Å². The van der Waals surface area contributed by atoms with Crippen molar-refractivity contribution >= 4 is 8.32 Å². The Morgan fingerprint density at radius 3 is 2.39 bits per heavy atom. The quantitative estimate of drug-likeness (QED) is 0.306. The fourth-order valence-electron chi connectivity index (χ4n) is 3.13. The molecule has 158 valence electrons. The molecule has 2 heteroatoms. The van der Waals surface area contributed by atoms with Crippen LogP contribution < -0.4 is 0 Å². The largest absolute Gasteiger partial charge is 0.413 e. The molecule has 0 N–H and O–H groups in total. The Bertz CT molecular complexity index is 771. The van der Waals surface area contributed by atoms with E-state index in [9.17, 15) is 0 Å². The number of allylic oxidation sites excluding steroid dienone is 9. The summed E-state index contributed by atoms with van der Waals surface area (Å²) in [5.74, 6) is 0. The SMILES string of the molecule is [2H]C(/C=C(C)\C=C(/[2H])C1=C(C)CCCC1(C)C)=C\C(C)=C\CO[Si](C)(C)C(C)(C)C. The van der Waals surface area contributed by atoms with Gasteiger partial charge in [-0.05, 0) is 69.2 Å². The summed E-state index contributed by atoms with van der Waals surface area (Å²) >= 11 is 0. The lowest BCUT2D eigenvalue weighted by Gasteiger charge is -2.35. The Kier molecular flexibility index (Phi) is 7.76. The van der Waals surface area contributed by atoms with Gasteiger partial charge < -0.3 is 4.43 Å². The maximum absolute atomic E-state index is 8.63. The van der Waals surface area contributed by atoms with Crippen molar-refractivity contribution in [2.24, 2.45) is 5.41 Å². The molecule has 0 fully saturated rings. The predicted octanol–water partition coefficient (Wildman–Crippen LogP) is 8.54. The molecule has 0 unspecified atom stereocenters. The zero-order chi connectivity index (χ0) is 23.3. The smallest absolute Gasteiger partial charge is 0.192 e. The first-order chi connectivity index (χ1) is 13.6. The summed E-state index contributed by atoms with van der Waals surface area (Å²) in [4.78, 5) is 0. The summed E-state index contributed by atoms with van der Waals surface area (Å²) in [5, 5.41) is 0.200. The van der Waals surface area contributed by atoms with Crippen LogP contribution in [0.2, 0.25) is 18.1 Å². The molecule has 1 nitrogen and oxygen atoms in total. The van der Waals surface area contributed by atoms with Crippen molar-refractivity contribution in [2.75, 3.05) is 6.61 Å². The molecule has 0 saturated carbocycles. The molecule has 1 rings (SSSR count). The Hall–Kier alpha value is -1.12. The second-order valence-corrected chi connectivity index (χ2v) is 15.2. The van der Waals surface area contributed by atoms with Crippen LogP contribution in [0.15, 0.2) is 58.7 Å². The predicted molar refractivity (Wildman–Crippen MR) is 129 cm³/mol. The van der Waals surface area contributed by atoms with Crippen LogP contribution >= 0.6 is 0 Å². The molecular weight excluding hydrogens is 356 g/mol. The molecule has 0 amide bonds. The fourth-order valence-corrected chi connectivity index (χ4v) is 4.06. The van der Waals surface area contributed by atoms with Crippen LogP contribution in [0.3, 0.4) is 0 Å². The normalized spacial score (nSPS) is 21.6. The lowest BCUT2D eigenvalue weighted by atomic mass is 9.72. The summed E-state index contributed by atoms with van der Waals surface area (Å²) in [7, 11) is -1.75. The maximum Gasteiger partial charge on any atom is 0.192 e. The van der Waals surface area contributed by atoms with Gasteiger partial charge in [-0.3, -0.25) is 0 Å². The molecule has 0 heterocycles. The summed E-state index contributed by atoms with van der Waals surface area (Å²) in [6.07, 6.45) is 11.1. The monoisotopic (exact) mass is 402 g/mol. The van der Waals surface area contributed by atoms with E-state index in [4.69, 9.17) is 7.17 Å². The van der Waals surface area contributed by atoms with Crippen LogP contribution in [0, 0.1) is 5.41 Å². The van der Waals surface area contributed by atoms with E-state index < -0.39 is 8.32 Å². The highest BCUT2D eigenvalue weighted by Crippen LogP contribution is 2.40. The molecule has 0 bridgehead atoms. The Morgan fingerprint density at radius 2 is 1.82 bits per heavy atom. The minimum Gasteiger partial charge on any atom is -0.413 e. The highest BCUT2D eigenvalue weighted by molar-refractivity contribution is 6.74. The number of rotatable bonds is 7. The van der Waals surface area contributed by atoms with E-state index in [1.165, 1.54) is 17.6 Å². The molecule has 0 spiro atoms. The molecule has 0 atom stereocenters. The van der Waals surface area contributed by atoms with Crippen LogP contribution in [0.25, 0.3) is 0 Å². The average Bonchev–Trinajstić information content (AvgIpc) is 2.51. The van der Waals surface area contributed by atoms with Crippen LogP contribution in [-0.2, 0) is 4.43 Å². The zero-order valence-corrected chi connectivity index (χ0v) is 21.0. The van der Waals surface area contributed by atoms with Crippen molar-refractivity contribution < 1.29 is 7.17 Å². The van der Waals surface area contributed by atoms with Gasteiger partial charge in [-0.15, -0.1) is 0 Å². The summed E-state index contributed by atoms with van der Waals surface area (Å²) in [5.41, 5.74) is 4.54. The summed E-state index contributed by atoms with van der Waals surface area (Å²) in [6, 6.07) is 1.04. The second-order valence-electron chi connectivity index (χ2n) is 10.4. The van der Waals surface area contributed by atoms with E-state index in [2.05, 4.69) is 60.7 Å². The zero-order valence-electron chi connectivity index (χ0n) is 22.0. The molecule has 0 saturated heterocycles. The van der Waals surface area contributed by atoms with E-state index in [0.29, 0.717) is 18.7 Å². The lowest BCUT2D eigenvalue weighted by Crippen LogP contribution is -2.40. The minimum atomic E-state index is -1.75. The van der Waals surface area contributed by atoms with Crippen LogP contribution in [0.5, 0.6) is 0 Å². The van der Waals surface area contributed by atoms with E-state index in [0.717, 1.165) is 24.0 Å². The van der Waals surface area contributed by atoms with Gasteiger partial charge in [0.2, 0.25) is 0 Å². The molecular formula is C26H44OSi. The lowest BCUT2D eigenvalue weighted by molar-refractivity contribution is 0.327. The van der Waals surface area contributed by atoms with Gasteiger partial charge in [0.25, 0.3) is 0 Å². The second kappa shape index (κ2) is 10.1. The highest BCUT2D eigenvalue weighted by atomic mass is 28.4. The van der Waals surface area contributed by atoms with E-state index in [1.54, 1.807) is 0 Å². The van der Waals surface area contributed by atoms with Gasteiger partial charge in [-0.25, -0.2) is 0 Å². The number of hydrogen-bond acceptors (Lipinski definition) is 1. The summed E-state index contributed by atoms with van der Waals surface area (Å²) < 4.78 is 23.1. The van der Waals surface area contributed by atoms with Crippen LogP contribution in [-0.4, -0.2) is 14.9 Å². The Morgan fingerprint density at radius 1 is 1.18 bits per heavy atom. The molecule has 1 aliphatic carbocycles. The topological polar surface area (TPSA) is 9.23 Å². The van der Waals surface area contributed by atoms with E-state index in [-0.39, 0.29) is 10.5 Å². The third-order valence-corrected chi connectivity index (χ3v) is 10.7. The standard InChI is InChI=1S/C26H44OSi/c1-21(16-17-24-23(3)15-12-19-26(24,7)8)13-11-14-22(2)18-20-27-28(9,10)25(4,5)6/h11,13-14,16-18H,12,15,19-20H2,1-10H3/b14-11+,17-16+,21-13-,22-18+/i11D,17D. The minimum absolute atomic E-state index is 0.0549. The van der Waals surface area contributed by atoms with Crippen molar-refractivity contribution in [2.45, 2.75) is 92.8 Å². The van der Waals surface area contributed by atoms with Gasteiger partial charge in [0.1, 0.15) is 0 Å². The maximum atomic E-state index is 8.63. The molecule has 0 aromatic heterocycles. The molecule has 0 aromatic rings. The van der Waals surface area contributed by atoms with Gasteiger partial charge in [0.05, 0.1) is 9.35 Å². The fraction of sp³-hybridized carbons (Fsp3) is 0.615. The van der Waals surface area contributed by atoms with Gasteiger partial charge in [0.15, 0.2) is 8.32 Å². The third kappa shape index (κ3) is 7.71. The summed E-state index contributed by atoms with van der Waals surface area (Å²) in [6.45, 7) is 22.4. The van der Waals surface area contributed by atoms with E-state index >= 15 is 0 Å². The molecule has 0 aliphatic heterocycles. The van der Waals surface area contributed by atoms with Gasteiger partial charge in [0, 0.05) is 0 Å². The van der Waals surface area contributed by atoms with Crippen LogP contribution in [0.4, 0.5) is 0 Å². The average molecular weight is 403 g/mol. The number of hydrogen-bond donors (Lipinski definition) is 0. The van der Waals surface area contributed by atoms with Crippen molar-refractivity contribution in [3.05, 3.63) is 58.7 Å². The van der Waals surface area contributed by atoms with Gasteiger partial charge in [-0.1, -0.05) is 87.7 Å². The Labute approximate surface area is 179 Å². The van der Waals surface area contributed by atoms with Crippen molar-refractivity contribution in [3.63, 3.8) is 0 Å². The van der Waals surface area contributed by atoms with Crippen molar-refractivity contribution in [3.8, 4) is 0 Å². The Balaban J connectivity index is 2.89. The van der Waals surface area contributed by atoms with Crippen molar-refractivity contribution in [1.82, 2.24) is 0 Å². The first kappa shape index (κ1) is 21.6. The first-order valence-corrected chi connectivity index (χ1v) is 13.5.